The molecule has 1 saturated carbocycles. The molecule has 0 nitrogen and oxygen atoms in total. The Morgan fingerprint density at radius 2 is 0.950 bits per heavy atom. The first-order valence-electron chi connectivity index (χ1n) is 8.16. The molecule has 0 aliphatic heterocycles. The van der Waals surface area contributed by atoms with Crippen molar-refractivity contribution in [3.8, 4) is 0 Å². The van der Waals surface area contributed by atoms with Crippen LogP contribution >= 0.6 is 0 Å². The summed E-state index contributed by atoms with van der Waals surface area (Å²) >= 11 is 0. The van der Waals surface area contributed by atoms with Crippen molar-refractivity contribution in [2.75, 3.05) is 0 Å². The number of allylic oxidation sites excluding steroid dienone is 4. The van der Waals surface area contributed by atoms with Crippen molar-refractivity contribution in [3.63, 3.8) is 0 Å². The summed E-state index contributed by atoms with van der Waals surface area (Å²) in [5.41, 5.74) is 7.66. The summed E-state index contributed by atoms with van der Waals surface area (Å²) in [6.07, 6.45) is 6.71. The smallest absolute Gasteiger partial charge is 0 e. The van der Waals surface area contributed by atoms with Gasteiger partial charge in [0, 0.05) is 21.1 Å². The predicted octanol–water partition coefficient (Wildman–Crippen LogP) is 6.67. The van der Waals surface area contributed by atoms with Crippen molar-refractivity contribution in [1.29, 1.82) is 0 Å². The first-order valence-corrected chi connectivity index (χ1v) is 8.16. The maximum Gasteiger partial charge on any atom is 0 e. The minimum absolute atomic E-state index is 0. The van der Waals surface area contributed by atoms with E-state index in [2.05, 4.69) is 41.5 Å². The molecular formula is C19H34W. The number of rotatable bonds is 0. The van der Waals surface area contributed by atoms with E-state index in [1.807, 2.05) is 13.8 Å². The topological polar surface area (TPSA) is 0 Å². The van der Waals surface area contributed by atoms with Crippen LogP contribution < -0.4 is 0 Å². The molecule has 1 fully saturated rings. The van der Waals surface area contributed by atoms with Gasteiger partial charge in [0.25, 0.3) is 0 Å². The van der Waals surface area contributed by atoms with E-state index in [4.69, 9.17) is 0 Å². The van der Waals surface area contributed by atoms with E-state index in [9.17, 15) is 0 Å². The van der Waals surface area contributed by atoms with Crippen molar-refractivity contribution in [3.05, 3.63) is 22.3 Å². The van der Waals surface area contributed by atoms with Crippen LogP contribution in [0.1, 0.15) is 87.5 Å². The van der Waals surface area contributed by atoms with Crippen molar-refractivity contribution >= 4 is 0 Å². The normalized spacial score (nSPS) is 19.2. The number of hydrogen-bond acceptors (Lipinski definition) is 0. The van der Waals surface area contributed by atoms with Crippen LogP contribution in [0.25, 0.3) is 0 Å². The molecule has 116 valence electrons. The molecule has 20 heavy (non-hydrogen) atoms. The number of fused-ring (bicyclic) bond motifs is 1. The van der Waals surface area contributed by atoms with Crippen LogP contribution in [0.3, 0.4) is 0 Å². The standard InChI is InChI=1S/C17H28.C2H6.W/c1-16(2,3)14-11-15(17(4,5)6)13-10-8-7-9-12(13)14;1-2;/h7-11H2,1-6H3;1-2H3;. The Hall–Kier alpha value is 0.168. The van der Waals surface area contributed by atoms with Crippen LogP contribution in [0.2, 0.25) is 0 Å². The second-order valence-corrected chi connectivity index (χ2v) is 7.80. The third-order valence-electron chi connectivity index (χ3n) is 4.36. The zero-order valence-corrected chi connectivity index (χ0v) is 17.9. The van der Waals surface area contributed by atoms with Crippen molar-refractivity contribution in [1.82, 2.24) is 0 Å². The Kier molecular flexibility index (Phi) is 7.50. The monoisotopic (exact) mass is 446 g/mol. The maximum atomic E-state index is 2.38. The SMILES string of the molecule is CC.CC(C)(C)C1=C2CCCCC2=C(C(C)(C)C)C1.[W]. The fourth-order valence-electron chi connectivity index (χ4n) is 3.40. The minimum atomic E-state index is 0. The summed E-state index contributed by atoms with van der Waals surface area (Å²) in [5, 5.41) is 0. The predicted molar refractivity (Wildman–Crippen MR) is 87.4 cm³/mol. The third kappa shape index (κ3) is 4.33. The largest absolute Gasteiger partial charge is 0.0683 e. The molecule has 2 aliphatic carbocycles. The second-order valence-electron chi connectivity index (χ2n) is 7.80. The van der Waals surface area contributed by atoms with Gasteiger partial charge in [-0.1, -0.05) is 66.5 Å². The average Bonchev–Trinajstić information content (AvgIpc) is 2.70. The molecule has 0 radical (unpaired) electrons. The molecule has 0 amide bonds. The van der Waals surface area contributed by atoms with Gasteiger partial charge in [0.05, 0.1) is 0 Å². The molecule has 0 N–H and O–H groups in total. The molecule has 0 aromatic heterocycles. The number of hydrogen-bond donors (Lipinski definition) is 0. The van der Waals surface area contributed by atoms with Gasteiger partial charge in [0.15, 0.2) is 0 Å². The molecule has 0 spiro atoms. The Morgan fingerprint density at radius 1 is 0.650 bits per heavy atom. The first-order chi connectivity index (χ1) is 8.71. The first kappa shape index (κ1) is 20.2. The van der Waals surface area contributed by atoms with Gasteiger partial charge in [-0.15, -0.1) is 0 Å². The van der Waals surface area contributed by atoms with Crippen LogP contribution in [0.15, 0.2) is 22.3 Å². The second kappa shape index (κ2) is 7.44. The van der Waals surface area contributed by atoms with Crippen molar-refractivity contribution < 1.29 is 21.1 Å². The van der Waals surface area contributed by atoms with E-state index in [1.165, 1.54) is 32.1 Å². The van der Waals surface area contributed by atoms with Gasteiger partial charge < -0.3 is 0 Å². The minimum Gasteiger partial charge on any atom is -0.0683 e. The van der Waals surface area contributed by atoms with Crippen LogP contribution in [0.5, 0.6) is 0 Å². The van der Waals surface area contributed by atoms with Crippen LogP contribution in [0, 0.1) is 10.8 Å². The zero-order chi connectivity index (χ0) is 14.8. The summed E-state index contributed by atoms with van der Waals surface area (Å²) in [6.45, 7) is 18.3. The Balaban J connectivity index is 0.00000115. The van der Waals surface area contributed by atoms with E-state index in [0.29, 0.717) is 10.8 Å². The van der Waals surface area contributed by atoms with E-state index in [-0.39, 0.29) is 21.1 Å². The molecular weight excluding hydrogens is 412 g/mol. The fraction of sp³-hybridized carbons (Fsp3) is 0.789. The van der Waals surface area contributed by atoms with E-state index >= 15 is 0 Å². The molecule has 0 aromatic rings. The zero-order valence-electron chi connectivity index (χ0n) is 14.9. The van der Waals surface area contributed by atoms with E-state index < -0.39 is 0 Å². The molecule has 1 heteroatoms. The molecule has 0 unspecified atom stereocenters. The Labute approximate surface area is 141 Å². The van der Waals surface area contributed by atoms with Gasteiger partial charge >= 0.3 is 0 Å². The molecule has 0 heterocycles. The Bertz CT molecular complexity index is 345. The molecule has 0 bridgehead atoms. The van der Waals surface area contributed by atoms with Crippen molar-refractivity contribution in [2.45, 2.75) is 87.5 Å². The molecule has 2 aliphatic rings. The third-order valence-corrected chi connectivity index (χ3v) is 4.36. The van der Waals surface area contributed by atoms with Crippen LogP contribution in [-0.4, -0.2) is 0 Å². The van der Waals surface area contributed by atoms with Gasteiger partial charge in [0.1, 0.15) is 0 Å². The van der Waals surface area contributed by atoms with Crippen LogP contribution in [0.4, 0.5) is 0 Å². The molecule has 0 saturated heterocycles. The molecule has 0 aromatic carbocycles. The van der Waals surface area contributed by atoms with Crippen LogP contribution in [-0.2, 0) is 21.1 Å². The summed E-state index contributed by atoms with van der Waals surface area (Å²) in [6, 6.07) is 0. The summed E-state index contributed by atoms with van der Waals surface area (Å²) < 4.78 is 0. The summed E-state index contributed by atoms with van der Waals surface area (Å²) in [4.78, 5) is 0. The summed E-state index contributed by atoms with van der Waals surface area (Å²) in [7, 11) is 0. The maximum absolute atomic E-state index is 2.38. The molecule has 2 rings (SSSR count). The Morgan fingerprint density at radius 3 is 1.20 bits per heavy atom. The van der Waals surface area contributed by atoms with Gasteiger partial charge in [-0.25, -0.2) is 0 Å². The van der Waals surface area contributed by atoms with E-state index in [1.54, 1.807) is 22.3 Å². The van der Waals surface area contributed by atoms with Gasteiger partial charge in [-0.3, -0.25) is 0 Å². The fourth-order valence-corrected chi connectivity index (χ4v) is 3.40. The van der Waals surface area contributed by atoms with Gasteiger partial charge in [-0.05, 0) is 54.1 Å². The average molecular weight is 446 g/mol. The van der Waals surface area contributed by atoms with Gasteiger partial charge in [-0.2, -0.15) is 0 Å². The summed E-state index contributed by atoms with van der Waals surface area (Å²) in [5.74, 6) is 0. The van der Waals surface area contributed by atoms with E-state index in [0.717, 1.165) is 0 Å². The van der Waals surface area contributed by atoms with Gasteiger partial charge in [0.2, 0.25) is 0 Å². The van der Waals surface area contributed by atoms with Crippen molar-refractivity contribution in [2.24, 2.45) is 10.8 Å². The quantitative estimate of drug-likeness (QED) is 0.390. The molecule has 0 atom stereocenters.